The minimum absolute atomic E-state index is 0.0553. The van der Waals surface area contributed by atoms with Crippen molar-refractivity contribution in [3.8, 4) is 5.75 Å². The fourth-order valence-corrected chi connectivity index (χ4v) is 5.18. The smallest absolute Gasteiger partial charge is 0.459 e. The van der Waals surface area contributed by atoms with Crippen LogP contribution in [0.25, 0.3) is 4.85 Å². The topological polar surface area (TPSA) is 128 Å². The summed E-state index contributed by atoms with van der Waals surface area (Å²) < 4.78 is 54.6. The van der Waals surface area contributed by atoms with E-state index >= 15 is 0 Å². The summed E-state index contributed by atoms with van der Waals surface area (Å²) in [6, 6.07) is 5.26. The molecule has 0 aliphatic carbocycles. The van der Waals surface area contributed by atoms with Gasteiger partial charge in [0.1, 0.15) is 22.5 Å². The molecule has 1 fully saturated rings. The molecular formula is C23H29N4O7PS2. The van der Waals surface area contributed by atoms with Crippen LogP contribution in [0.15, 0.2) is 36.5 Å². The van der Waals surface area contributed by atoms with E-state index in [2.05, 4.69) is 14.9 Å². The molecule has 200 valence electrons. The predicted molar refractivity (Wildman–Crippen MR) is 140 cm³/mol. The van der Waals surface area contributed by atoms with Crippen molar-refractivity contribution in [2.24, 2.45) is 0 Å². The standard InChI is InChI=1S/C23H29N4O7PS2/c1-13(2)32-22(29)15(4)26-35(30,34-16-9-7-6-8-10-16)31-12-17-19(28)18(24-5)21(33-17)27-11-14(3)20(36)25-23(27)37/h6-11,13,15,17-19,21,28H,12H2,1-4H3,(H,26,30)(H,25,36,37)/t15-,17-,18+,19?,21-,35-/m0/s1/i12D2. The molecule has 2 aromatic rings. The lowest BCUT2D eigenvalue weighted by Crippen LogP contribution is -2.37. The summed E-state index contributed by atoms with van der Waals surface area (Å²) in [7, 11) is -4.68. The first-order valence-corrected chi connectivity index (χ1v) is 13.6. The average Bonchev–Trinajstić information content (AvgIpc) is 3.17. The van der Waals surface area contributed by atoms with Crippen molar-refractivity contribution in [1.82, 2.24) is 14.6 Å². The number of ether oxygens (including phenoxy) is 2. The van der Waals surface area contributed by atoms with E-state index in [1.807, 2.05) is 0 Å². The van der Waals surface area contributed by atoms with E-state index < -0.39 is 56.9 Å². The Morgan fingerprint density at radius 1 is 1.38 bits per heavy atom. The summed E-state index contributed by atoms with van der Waals surface area (Å²) in [5, 5.41) is 13.3. The molecule has 0 amide bonds. The molecule has 1 saturated heterocycles. The zero-order chi connectivity index (χ0) is 29.1. The van der Waals surface area contributed by atoms with E-state index in [9.17, 15) is 14.5 Å². The number of rotatable bonds is 10. The van der Waals surface area contributed by atoms with Crippen molar-refractivity contribution in [3.05, 3.63) is 62.9 Å². The van der Waals surface area contributed by atoms with Gasteiger partial charge in [0.15, 0.2) is 10.9 Å². The summed E-state index contributed by atoms with van der Waals surface area (Å²) in [5.74, 6) is -0.720. The monoisotopic (exact) mass is 570 g/mol. The van der Waals surface area contributed by atoms with E-state index in [1.54, 1.807) is 39.0 Å². The molecule has 0 spiro atoms. The Bertz CT molecular complexity index is 1400. The number of hydrogen-bond acceptors (Lipinski definition) is 9. The van der Waals surface area contributed by atoms with Gasteiger partial charge in [0.25, 0.3) is 6.04 Å². The SMILES string of the molecule is [2H]C([2H])(O[P@@](=O)(N[C@@H](C)C(=O)OC(C)C)Oc1ccccc1)[C@@H]1O[C@H](n2cc(C)c(=S)[nH]c2=S)[C@H]([N+]#[C-])C1O. The van der Waals surface area contributed by atoms with Crippen molar-refractivity contribution in [2.75, 3.05) is 6.56 Å². The molecule has 37 heavy (non-hydrogen) atoms. The van der Waals surface area contributed by atoms with Gasteiger partial charge in [0.05, 0.1) is 15.4 Å². The highest BCUT2D eigenvalue weighted by Crippen LogP contribution is 2.46. The van der Waals surface area contributed by atoms with E-state index in [4.69, 9.17) is 52.3 Å². The molecule has 0 radical (unpaired) electrons. The van der Waals surface area contributed by atoms with Crippen LogP contribution in [0.2, 0.25) is 0 Å². The Labute approximate surface area is 227 Å². The second-order valence-corrected chi connectivity index (χ2v) is 10.9. The van der Waals surface area contributed by atoms with E-state index in [0.29, 0.717) is 10.2 Å². The summed E-state index contributed by atoms with van der Waals surface area (Å²) in [6.07, 6.45) is -3.68. The van der Waals surface area contributed by atoms with Crippen molar-refractivity contribution >= 4 is 38.2 Å². The number of nitrogens with zero attached hydrogens (tertiary/aromatic N) is 2. The molecule has 1 aromatic heterocycles. The summed E-state index contributed by atoms with van der Waals surface area (Å²) >= 11 is 10.5. The molecule has 3 N–H and O–H groups in total. The number of aromatic nitrogens is 2. The number of para-hydroxylation sites is 1. The molecule has 14 heteroatoms. The van der Waals surface area contributed by atoms with Gasteiger partial charge in [-0.25, -0.2) is 11.1 Å². The van der Waals surface area contributed by atoms with Gasteiger partial charge in [-0.1, -0.05) is 30.4 Å². The number of carbonyl (C=O) groups is 1. The van der Waals surface area contributed by atoms with Crippen molar-refractivity contribution in [3.63, 3.8) is 0 Å². The number of aliphatic hydroxyl groups excluding tert-OH is 1. The number of esters is 1. The fourth-order valence-electron chi connectivity index (χ4n) is 3.34. The number of benzene rings is 1. The normalized spacial score (nSPS) is 24.9. The Kier molecular flexibility index (Phi) is 8.78. The zero-order valence-electron chi connectivity index (χ0n) is 22.5. The minimum atomic E-state index is -4.68. The lowest BCUT2D eigenvalue weighted by atomic mass is 10.1. The van der Waals surface area contributed by atoms with Crippen LogP contribution >= 0.6 is 32.2 Å². The van der Waals surface area contributed by atoms with E-state index in [0.717, 1.165) is 0 Å². The van der Waals surface area contributed by atoms with Gasteiger partial charge in [-0.3, -0.25) is 13.9 Å². The van der Waals surface area contributed by atoms with Crippen LogP contribution in [-0.4, -0.2) is 57.6 Å². The Morgan fingerprint density at radius 2 is 2.05 bits per heavy atom. The molecule has 0 saturated carbocycles. The van der Waals surface area contributed by atoms with Crippen molar-refractivity contribution in [1.29, 1.82) is 0 Å². The first-order valence-electron chi connectivity index (χ1n) is 12.2. The predicted octanol–water partition coefficient (Wildman–Crippen LogP) is 4.26. The molecular weight excluding hydrogens is 539 g/mol. The molecule has 3 rings (SSSR count). The fraction of sp³-hybridized carbons (Fsp3) is 0.478. The van der Waals surface area contributed by atoms with Gasteiger partial charge in [0, 0.05) is 11.8 Å². The Balaban J connectivity index is 1.94. The summed E-state index contributed by atoms with van der Waals surface area (Å²) in [6.45, 7) is 10.9. The van der Waals surface area contributed by atoms with Gasteiger partial charge in [0.2, 0.25) is 6.23 Å². The first-order chi connectivity index (χ1) is 18.2. The highest BCUT2D eigenvalue weighted by molar-refractivity contribution is 7.72. The molecule has 2 heterocycles. The molecule has 1 aliphatic rings. The molecule has 0 bridgehead atoms. The van der Waals surface area contributed by atoms with Gasteiger partial charge >= 0.3 is 13.7 Å². The number of aryl methyl sites for hydroxylation is 1. The highest BCUT2D eigenvalue weighted by atomic mass is 32.1. The molecule has 1 aliphatic heterocycles. The van der Waals surface area contributed by atoms with Crippen molar-refractivity contribution < 1.29 is 35.7 Å². The minimum Gasteiger partial charge on any atom is -0.462 e. The maximum Gasteiger partial charge on any atom is 0.459 e. The number of hydrogen-bond donors (Lipinski definition) is 3. The van der Waals surface area contributed by atoms with Crippen LogP contribution in [0.5, 0.6) is 5.75 Å². The lowest BCUT2D eigenvalue weighted by molar-refractivity contribution is -0.149. The highest BCUT2D eigenvalue weighted by Gasteiger charge is 2.51. The third kappa shape index (κ3) is 7.33. The van der Waals surface area contributed by atoms with Crippen LogP contribution in [-0.2, 0) is 23.4 Å². The van der Waals surface area contributed by atoms with E-state index in [1.165, 1.54) is 29.8 Å². The van der Waals surface area contributed by atoms with Gasteiger partial charge in [-0.15, -0.1) is 0 Å². The number of aromatic amines is 1. The molecule has 1 unspecified atom stereocenters. The maximum atomic E-state index is 13.9. The van der Waals surface area contributed by atoms with Gasteiger partial charge in [-0.2, -0.15) is 5.09 Å². The average molecular weight is 571 g/mol. The first kappa shape index (κ1) is 26.2. The zero-order valence-corrected chi connectivity index (χ0v) is 23.0. The quantitative estimate of drug-likeness (QED) is 0.165. The second-order valence-electron chi connectivity index (χ2n) is 8.48. The van der Waals surface area contributed by atoms with E-state index in [-0.39, 0.29) is 10.5 Å². The second kappa shape index (κ2) is 12.4. The van der Waals surface area contributed by atoms with Crippen LogP contribution in [0, 0.1) is 22.9 Å². The van der Waals surface area contributed by atoms with Crippen molar-refractivity contribution in [2.45, 2.75) is 64.3 Å². The molecule has 6 atom stereocenters. The van der Waals surface area contributed by atoms with Gasteiger partial charge in [-0.05, 0) is 52.0 Å². The number of H-pyrrole nitrogens is 1. The Hall–Kier alpha value is -2.43. The van der Waals surface area contributed by atoms with Gasteiger partial charge < -0.3 is 28.9 Å². The Morgan fingerprint density at radius 3 is 2.68 bits per heavy atom. The number of nitrogens with one attached hydrogen (secondary N) is 2. The summed E-state index contributed by atoms with van der Waals surface area (Å²) in [5.41, 5.74) is 0.607. The van der Waals surface area contributed by atoms with Crippen LogP contribution in [0.1, 0.15) is 35.3 Å². The number of carbonyl (C=O) groups excluding carboxylic acids is 1. The molecule has 1 aromatic carbocycles. The third-order valence-corrected chi connectivity index (χ3v) is 7.36. The molecule has 11 nitrogen and oxygen atoms in total. The maximum absolute atomic E-state index is 13.9. The third-order valence-electron chi connectivity index (χ3n) is 5.12. The van der Waals surface area contributed by atoms with Crippen LogP contribution < -0.4 is 9.61 Å². The van der Waals surface area contributed by atoms with Crippen LogP contribution in [0.3, 0.4) is 0 Å². The lowest BCUT2D eigenvalue weighted by Gasteiger charge is -2.24. The number of aliphatic hydroxyl groups is 1. The largest absolute Gasteiger partial charge is 0.462 e. The summed E-state index contributed by atoms with van der Waals surface area (Å²) in [4.78, 5) is 18.6. The van der Waals surface area contributed by atoms with Crippen LogP contribution in [0.4, 0.5) is 0 Å².